The molecule has 1 aromatic carbocycles. The summed E-state index contributed by atoms with van der Waals surface area (Å²) in [6.45, 7) is 21.7. The lowest BCUT2D eigenvalue weighted by Crippen LogP contribution is -2.62. The number of nitrogens with zero attached hydrogens (tertiary/aromatic N) is 3. The number of hydrogen-bond donors (Lipinski definition) is 2. The molecule has 2 saturated carbocycles. The van der Waals surface area contributed by atoms with E-state index in [-0.39, 0.29) is 40.1 Å². The van der Waals surface area contributed by atoms with Crippen molar-refractivity contribution in [2.24, 2.45) is 28.6 Å². The number of benzene rings is 1. The van der Waals surface area contributed by atoms with Crippen LogP contribution >= 0.6 is 0 Å². The molecule has 286 valence electrons. The summed E-state index contributed by atoms with van der Waals surface area (Å²) in [5.74, 6) is 0.338. The number of carbonyl (C=O) groups is 2. The Labute approximate surface area is 318 Å². The maximum atomic E-state index is 14.9. The molecule has 6 aliphatic rings. The quantitative estimate of drug-likeness (QED) is 0.261. The molecule has 54 heavy (non-hydrogen) atoms. The van der Waals surface area contributed by atoms with Gasteiger partial charge < -0.3 is 28.8 Å². The standard InChI is InChI=1S/C45H55N3O6/c1-22(2)35-38(51)33-32-24(27-20-41(3,4)54-42(5,6)34(27)37(32)50)19-25-26-18-23-12-13-29-43(7,16-15-31-46-28(21-53-31)40(52)47(10)11)30(49)14-17-44(29,8)45(23,9)39(26)48(35)36(25)33/h15-16,19-21,23,29-30,34-35,37,49-50H,1,12-14,17-18H2,2-11H3/b16-15+/t23-,29-,30-,34+,35-,37+,43-,44-,45+/m0/s1. The van der Waals surface area contributed by atoms with Gasteiger partial charge in [-0.2, -0.15) is 0 Å². The van der Waals surface area contributed by atoms with Crippen LogP contribution in [0.1, 0.15) is 142 Å². The number of oxazole rings is 1. The third-order valence-electron chi connectivity index (χ3n) is 15.3. The van der Waals surface area contributed by atoms with Gasteiger partial charge in [0.1, 0.15) is 12.3 Å². The third-order valence-corrected chi connectivity index (χ3v) is 15.3. The van der Waals surface area contributed by atoms with Gasteiger partial charge in [-0.1, -0.05) is 39.0 Å². The van der Waals surface area contributed by atoms with Crippen molar-refractivity contribution >= 4 is 34.2 Å². The maximum Gasteiger partial charge on any atom is 0.275 e. The Morgan fingerprint density at radius 2 is 1.81 bits per heavy atom. The van der Waals surface area contributed by atoms with E-state index in [0.717, 1.165) is 58.9 Å². The van der Waals surface area contributed by atoms with E-state index in [1.165, 1.54) is 22.4 Å². The first kappa shape index (κ1) is 35.9. The zero-order chi connectivity index (χ0) is 38.8. The molecular formula is C45H55N3O6. The van der Waals surface area contributed by atoms with Crippen LogP contribution < -0.4 is 0 Å². The Morgan fingerprint density at radius 1 is 1.09 bits per heavy atom. The molecule has 9 atom stereocenters. The van der Waals surface area contributed by atoms with Gasteiger partial charge in [-0.05, 0) is 119 Å². The van der Waals surface area contributed by atoms with Gasteiger partial charge in [-0.25, -0.2) is 4.98 Å². The fraction of sp³-hybridized carbons (Fsp3) is 0.578. The fourth-order valence-corrected chi connectivity index (χ4v) is 13.0. The lowest BCUT2D eigenvalue weighted by Gasteiger charge is -2.64. The average Bonchev–Trinajstić information content (AvgIpc) is 3.86. The number of allylic oxidation sites excluding steroid dienone is 1. The second kappa shape index (κ2) is 10.9. The topological polar surface area (TPSA) is 118 Å². The average molecular weight is 734 g/mol. The van der Waals surface area contributed by atoms with Gasteiger partial charge >= 0.3 is 0 Å². The minimum atomic E-state index is -0.865. The van der Waals surface area contributed by atoms with Crippen LogP contribution in [0, 0.1) is 28.6 Å². The summed E-state index contributed by atoms with van der Waals surface area (Å²) >= 11 is 0. The minimum absolute atomic E-state index is 0.0212. The highest BCUT2D eigenvalue weighted by Gasteiger charge is 2.68. The normalized spacial score (nSPS) is 36.8. The minimum Gasteiger partial charge on any atom is -0.444 e. The number of aromatic nitrogens is 2. The van der Waals surface area contributed by atoms with Crippen molar-refractivity contribution in [3.8, 4) is 0 Å². The van der Waals surface area contributed by atoms with Crippen LogP contribution in [0.4, 0.5) is 0 Å². The molecule has 1 amide bonds. The van der Waals surface area contributed by atoms with E-state index in [1.807, 2.05) is 13.0 Å². The van der Waals surface area contributed by atoms with Gasteiger partial charge in [-0.3, -0.25) is 9.59 Å². The molecule has 9 nitrogen and oxygen atoms in total. The van der Waals surface area contributed by atoms with Gasteiger partial charge in [0.25, 0.3) is 5.91 Å². The number of carbonyl (C=O) groups excluding carboxylic acids is 2. The van der Waals surface area contributed by atoms with Crippen molar-refractivity contribution in [1.29, 1.82) is 0 Å². The molecule has 4 aliphatic carbocycles. The molecule has 0 unspecified atom stereocenters. The number of Topliss-reactive ketones (excluding diaryl/α,β-unsaturated/α-hetero) is 1. The van der Waals surface area contributed by atoms with E-state index in [4.69, 9.17) is 9.15 Å². The zero-order valence-electron chi connectivity index (χ0n) is 33.5. The number of ketones is 1. The lowest BCUT2D eigenvalue weighted by molar-refractivity contribution is -0.144. The molecule has 4 heterocycles. The van der Waals surface area contributed by atoms with Gasteiger partial charge in [-0.15, -0.1) is 0 Å². The van der Waals surface area contributed by atoms with Crippen molar-refractivity contribution < 1.29 is 29.0 Å². The Hall–Kier alpha value is -3.79. The molecule has 9 heteroatoms. The van der Waals surface area contributed by atoms with E-state index in [9.17, 15) is 19.8 Å². The molecule has 2 N–H and O–H groups in total. The Balaban J connectivity index is 1.22. The largest absolute Gasteiger partial charge is 0.444 e. The Kier molecular flexibility index (Phi) is 7.28. The van der Waals surface area contributed by atoms with E-state index < -0.39 is 34.9 Å². The first-order valence-electron chi connectivity index (χ1n) is 19.8. The molecule has 0 radical (unpaired) electrons. The summed E-state index contributed by atoms with van der Waals surface area (Å²) in [6, 6.07) is 1.75. The summed E-state index contributed by atoms with van der Waals surface area (Å²) in [6.07, 6.45) is 10.4. The highest BCUT2D eigenvalue weighted by atomic mass is 16.5. The second-order valence-electron chi connectivity index (χ2n) is 19.4. The van der Waals surface area contributed by atoms with Crippen molar-refractivity contribution in [1.82, 2.24) is 14.5 Å². The molecule has 0 spiro atoms. The van der Waals surface area contributed by atoms with Crippen LogP contribution in [-0.2, 0) is 16.6 Å². The first-order chi connectivity index (χ1) is 25.2. The number of aliphatic hydroxyl groups excluding tert-OH is 2. The molecule has 0 saturated heterocycles. The lowest BCUT2D eigenvalue weighted by atomic mass is 9.40. The Bertz CT molecular complexity index is 2270. The van der Waals surface area contributed by atoms with Crippen molar-refractivity contribution in [2.75, 3.05) is 14.1 Å². The van der Waals surface area contributed by atoms with Crippen LogP contribution in [0.3, 0.4) is 0 Å². The summed E-state index contributed by atoms with van der Waals surface area (Å²) < 4.78 is 14.6. The highest BCUT2D eigenvalue weighted by molar-refractivity contribution is 6.18. The van der Waals surface area contributed by atoms with Crippen molar-refractivity contribution in [2.45, 2.75) is 122 Å². The van der Waals surface area contributed by atoms with Gasteiger partial charge in [0.15, 0.2) is 11.5 Å². The Morgan fingerprint density at radius 3 is 2.50 bits per heavy atom. The van der Waals surface area contributed by atoms with E-state index in [0.29, 0.717) is 23.8 Å². The summed E-state index contributed by atoms with van der Waals surface area (Å²) in [4.78, 5) is 33.4. The summed E-state index contributed by atoms with van der Waals surface area (Å²) in [7, 11) is 3.37. The molecular weight excluding hydrogens is 679 g/mol. The molecule has 9 rings (SSSR count). The maximum absolute atomic E-state index is 14.9. The molecule has 0 bridgehead atoms. The summed E-state index contributed by atoms with van der Waals surface area (Å²) in [5.41, 5.74) is 5.74. The van der Waals surface area contributed by atoms with E-state index >= 15 is 0 Å². The van der Waals surface area contributed by atoms with E-state index in [2.05, 4.69) is 82.8 Å². The number of aliphatic hydroxyl groups is 2. The molecule has 2 fully saturated rings. The number of rotatable bonds is 4. The van der Waals surface area contributed by atoms with Gasteiger partial charge in [0.2, 0.25) is 5.89 Å². The van der Waals surface area contributed by atoms with Crippen LogP contribution in [0.5, 0.6) is 0 Å². The molecule has 2 aliphatic heterocycles. The zero-order valence-corrected chi connectivity index (χ0v) is 33.5. The number of fused-ring (bicyclic) bond motifs is 11. The smallest absolute Gasteiger partial charge is 0.275 e. The first-order valence-corrected chi connectivity index (χ1v) is 19.8. The van der Waals surface area contributed by atoms with Crippen molar-refractivity contribution in [3.63, 3.8) is 0 Å². The predicted molar refractivity (Wildman–Crippen MR) is 208 cm³/mol. The number of hydrogen-bond acceptors (Lipinski definition) is 7. The molecule has 3 aromatic rings. The van der Waals surface area contributed by atoms with Gasteiger partial charge in [0.05, 0.1) is 34.5 Å². The fourth-order valence-electron chi connectivity index (χ4n) is 13.0. The van der Waals surface area contributed by atoms with Crippen molar-refractivity contribution in [3.05, 3.63) is 76.2 Å². The SMILES string of the molecule is C=C(C)[C@H]1C(=O)c2c3c(cc4c5c(n1c24)[C@@]1(C)[C@@H](CC[C@H]2[C@](C)(/C=C/c4nc(C(=O)N(C)C)co4)[C@@H](O)CC[C@@]21C)C5)C1=CC(C)(C)OC(C)(C)[C@H]1[C@@H]3O. The van der Waals surface area contributed by atoms with Crippen LogP contribution in [0.25, 0.3) is 22.6 Å². The molecule has 2 aromatic heterocycles. The van der Waals surface area contributed by atoms with Crippen LogP contribution in [-0.4, -0.2) is 67.8 Å². The summed E-state index contributed by atoms with van der Waals surface area (Å²) in [5, 5.41) is 25.2. The van der Waals surface area contributed by atoms with Crippen LogP contribution in [0.2, 0.25) is 0 Å². The predicted octanol–water partition coefficient (Wildman–Crippen LogP) is 8.00. The second-order valence-corrected chi connectivity index (χ2v) is 19.4. The van der Waals surface area contributed by atoms with Crippen LogP contribution in [0.15, 0.2) is 41.1 Å². The monoisotopic (exact) mass is 733 g/mol. The van der Waals surface area contributed by atoms with Gasteiger partial charge in [0, 0.05) is 47.5 Å². The number of amides is 1. The highest BCUT2D eigenvalue weighted by Crippen LogP contribution is 2.71. The van der Waals surface area contributed by atoms with E-state index in [1.54, 1.807) is 14.1 Å². The number of ether oxygens (including phenoxy) is 1. The third kappa shape index (κ3) is 4.29.